The summed E-state index contributed by atoms with van der Waals surface area (Å²) in [6.45, 7) is 4.13. The van der Waals surface area contributed by atoms with Gasteiger partial charge in [0.1, 0.15) is 0 Å². The second kappa shape index (κ2) is 7.76. The predicted molar refractivity (Wildman–Crippen MR) is 105 cm³/mol. The van der Waals surface area contributed by atoms with Gasteiger partial charge in [0, 0.05) is 6.08 Å². The number of allylic oxidation sites excluding steroid dienone is 2. The van der Waals surface area contributed by atoms with Gasteiger partial charge in [-0.05, 0) is 50.2 Å². The molecule has 25 heavy (non-hydrogen) atoms. The molecule has 0 spiro atoms. The Hall–Kier alpha value is -2.93. The van der Waals surface area contributed by atoms with Crippen LogP contribution in [-0.4, -0.2) is 6.29 Å². The lowest BCUT2D eigenvalue weighted by atomic mass is 9.80. The van der Waals surface area contributed by atoms with E-state index in [2.05, 4.69) is 86.6 Å². The molecule has 124 valence electrons. The molecule has 0 bridgehead atoms. The Morgan fingerprint density at radius 3 is 1.32 bits per heavy atom. The summed E-state index contributed by atoms with van der Waals surface area (Å²) in [4.78, 5) is 0. The van der Waals surface area contributed by atoms with Gasteiger partial charge in [-0.3, -0.25) is 0 Å². The fraction of sp³-hybridized carbons (Fsp3) is 0.125. The van der Waals surface area contributed by atoms with Crippen LogP contribution in [0.15, 0.2) is 103 Å². The quantitative estimate of drug-likeness (QED) is 0.247. The minimum Gasteiger partial charge on any atom is -0.242 e. The zero-order valence-electron chi connectivity index (χ0n) is 14.7. The lowest BCUT2D eigenvalue weighted by Gasteiger charge is -2.21. The van der Waals surface area contributed by atoms with Crippen LogP contribution in [0, 0.1) is 0 Å². The van der Waals surface area contributed by atoms with Crippen molar-refractivity contribution in [3.05, 3.63) is 119 Å². The number of hydrogen-bond acceptors (Lipinski definition) is 0. The van der Waals surface area contributed by atoms with E-state index in [4.69, 9.17) is 4.42 Å². The molecule has 0 aliphatic carbocycles. The summed E-state index contributed by atoms with van der Waals surface area (Å²) < 4.78 is 6.50. The molecule has 0 N–H and O–H groups in total. The van der Waals surface area contributed by atoms with Gasteiger partial charge in [0.15, 0.2) is 0 Å². The van der Waals surface area contributed by atoms with Gasteiger partial charge in [0.05, 0.1) is 16.7 Å². The smallest absolute Gasteiger partial charge is 0.242 e. The van der Waals surface area contributed by atoms with Crippen LogP contribution in [0.5, 0.6) is 0 Å². The molecular weight excluding hydrogens is 304 g/mol. The van der Waals surface area contributed by atoms with Crippen LogP contribution in [0.25, 0.3) is 0 Å². The molecule has 3 aromatic carbocycles. The van der Waals surface area contributed by atoms with Crippen molar-refractivity contribution in [3.8, 4) is 0 Å². The Morgan fingerprint density at radius 1 is 0.640 bits per heavy atom. The van der Waals surface area contributed by atoms with Crippen molar-refractivity contribution in [2.75, 3.05) is 0 Å². The van der Waals surface area contributed by atoms with Crippen LogP contribution < -0.4 is 0 Å². The standard InChI is InChI=1S/C24H23O/c1-20(2)18-19-25-24(21-12-6-3-7-13-21,22-14-8-4-9-15-22)23-16-10-5-11-17-23/h3-19H,1-2H3/q+1. The first-order valence-corrected chi connectivity index (χ1v) is 8.54. The molecule has 3 aromatic rings. The maximum atomic E-state index is 6.50. The third-order valence-electron chi connectivity index (χ3n) is 4.19. The summed E-state index contributed by atoms with van der Waals surface area (Å²) in [7, 11) is 0. The van der Waals surface area contributed by atoms with E-state index in [1.165, 1.54) is 5.57 Å². The maximum absolute atomic E-state index is 6.50. The summed E-state index contributed by atoms with van der Waals surface area (Å²) in [5.41, 5.74) is 3.82. The largest absolute Gasteiger partial charge is 0.356 e. The van der Waals surface area contributed by atoms with Gasteiger partial charge in [-0.2, -0.15) is 0 Å². The second-order valence-electron chi connectivity index (χ2n) is 6.28. The first-order valence-electron chi connectivity index (χ1n) is 8.54. The number of hydrogen-bond donors (Lipinski definition) is 0. The maximum Gasteiger partial charge on any atom is 0.356 e. The monoisotopic (exact) mass is 327 g/mol. The molecule has 1 heteroatoms. The van der Waals surface area contributed by atoms with Gasteiger partial charge in [0.2, 0.25) is 0 Å². The molecule has 0 unspecified atom stereocenters. The van der Waals surface area contributed by atoms with Gasteiger partial charge in [-0.25, -0.2) is 4.42 Å². The van der Waals surface area contributed by atoms with E-state index in [0.29, 0.717) is 0 Å². The normalized spacial score (nSPS) is 11.4. The molecule has 0 amide bonds. The van der Waals surface area contributed by atoms with Crippen LogP contribution in [0.4, 0.5) is 0 Å². The Kier molecular flexibility index (Phi) is 5.25. The molecule has 0 aromatic heterocycles. The van der Waals surface area contributed by atoms with Crippen molar-refractivity contribution in [2.24, 2.45) is 0 Å². The van der Waals surface area contributed by atoms with E-state index < -0.39 is 5.60 Å². The number of carbonyl (C=O) groups excluding carboxylic acids is 1. The second-order valence-corrected chi connectivity index (χ2v) is 6.28. The summed E-state index contributed by atoms with van der Waals surface area (Å²) in [5, 5.41) is 0. The molecule has 3 rings (SSSR count). The molecule has 0 aliphatic rings. The third-order valence-corrected chi connectivity index (χ3v) is 4.19. The SMILES string of the molecule is CC(C)=CC=[O+]C(c1ccccc1)(c1ccccc1)c1ccccc1. The first kappa shape index (κ1) is 16.9. The van der Waals surface area contributed by atoms with E-state index in [1.807, 2.05) is 30.6 Å². The van der Waals surface area contributed by atoms with Crippen LogP contribution >= 0.6 is 0 Å². The molecule has 0 saturated heterocycles. The summed E-state index contributed by atoms with van der Waals surface area (Å²) in [6.07, 6.45) is 3.81. The highest BCUT2D eigenvalue weighted by atomic mass is 16.4. The molecule has 0 fully saturated rings. The predicted octanol–water partition coefficient (Wildman–Crippen LogP) is 5.68. The van der Waals surface area contributed by atoms with Crippen molar-refractivity contribution >= 4 is 6.29 Å². The topological polar surface area (TPSA) is 11.3 Å². The van der Waals surface area contributed by atoms with Crippen LogP contribution in [0.2, 0.25) is 0 Å². The van der Waals surface area contributed by atoms with E-state index in [9.17, 15) is 0 Å². The zero-order chi connectivity index (χ0) is 17.5. The van der Waals surface area contributed by atoms with E-state index in [1.54, 1.807) is 0 Å². The van der Waals surface area contributed by atoms with Crippen molar-refractivity contribution < 1.29 is 4.42 Å². The van der Waals surface area contributed by atoms with E-state index >= 15 is 0 Å². The van der Waals surface area contributed by atoms with Crippen LogP contribution in [0.3, 0.4) is 0 Å². The van der Waals surface area contributed by atoms with E-state index in [0.717, 1.165) is 16.7 Å². The molecule has 0 radical (unpaired) electrons. The minimum atomic E-state index is -0.685. The van der Waals surface area contributed by atoms with Crippen molar-refractivity contribution in [1.82, 2.24) is 0 Å². The highest BCUT2D eigenvalue weighted by molar-refractivity contribution is 5.67. The number of aldehydes is 1. The van der Waals surface area contributed by atoms with Gasteiger partial charge in [-0.1, -0.05) is 60.2 Å². The van der Waals surface area contributed by atoms with Gasteiger partial charge in [0.25, 0.3) is 0 Å². The Balaban J connectivity index is 2.31. The van der Waals surface area contributed by atoms with Crippen LogP contribution in [-0.2, 0) is 10.0 Å². The molecule has 0 aliphatic heterocycles. The Bertz CT molecular complexity index is 746. The lowest BCUT2D eigenvalue weighted by molar-refractivity contribution is -0.530. The van der Waals surface area contributed by atoms with Crippen molar-refractivity contribution in [2.45, 2.75) is 19.4 Å². The lowest BCUT2D eigenvalue weighted by Crippen LogP contribution is -2.30. The molecular formula is C24H23O+. The zero-order valence-corrected chi connectivity index (χ0v) is 14.7. The van der Waals surface area contributed by atoms with Crippen molar-refractivity contribution in [1.29, 1.82) is 0 Å². The molecule has 1 nitrogen and oxygen atoms in total. The first-order chi connectivity index (χ1) is 12.2. The van der Waals surface area contributed by atoms with Gasteiger partial charge < -0.3 is 0 Å². The van der Waals surface area contributed by atoms with Crippen molar-refractivity contribution in [3.63, 3.8) is 0 Å². The minimum absolute atomic E-state index is 0.685. The third kappa shape index (κ3) is 3.61. The van der Waals surface area contributed by atoms with Gasteiger partial charge in [-0.15, -0.1) is 0 Å². The fourth-order valence-electron chi connectivity index (χ4n) is 2.99. The Morgan fingerprint density at radius 2 is 1.00 bits per heavy atom. The molecule has 0 saturated carbocycles. The number of benzene rings is 3. The summed E-state index contributed by atoms with van der Waals surface area (Å²) in [6, 6.07) is 31.2. The van der Waals surface area contributed by atoms with Gasteiger partial charge >= 0.3 is 11.9 Å². The number of rotatable bonds is 5. The summed E-state index contributed by atoms with van der Waals surface area (Å²) in [5.74, 6) is 0. The Labute approximate surface area is 150 Å². The molecule has 0 atom stereocenters. The average molecular weight is 327 g/mol. The highest BCUT2D eigenvalue weighted by Gasteiger charge is 2.47. The molecule has 0 heterocycles. The average Bonchev–Trinajstić information content (AvgIpc) is 2.67. The van der Waals surface area contributed by atoms with Crippen LogP contribution in [0.1, 0.15) is 30.5 Å². The highest BCUT2D eigenvalue weighted by Crippen LogP contribution is 2.38. The fourth-order valence-corrected chi connectivity index (χ4v) is 2.99. The summed E-state index contributed by atoms with van der Waals surface area (Å²) >= 11 is 0. The van der Waals surface area contributed by atoms with E-state index in [-0.39, 0.29) is 0 Å².